The molecular formula is C15H17ClN2O3. The minimum atomic E-state index is -1.22. The van der Waals surface area contributed by atoms with Gasteiger partial charge in [0.2, 0.25) is 0 Å². The van der Waals surface area contributed by atoms with Crippen molar-refractivity contribution in [3.05, 3.63) is 34.9 Å². The second-order valence-corrected chi connectivity index (χ2v) is 4.83. The number of carboxylic acids is 1. The van der Waals surface area contributed by atoms with Crippen LogP contribution < -0.4 is 10.6 Å². The molecular weight excluding hydrogens is 292 g/mol. The lowest BCUT2D eigenvalue weighted by molar-refractivity contribution is -0.139. The van der Waals surface area contributed by atoms with Gasteiger partial charge in [0.05, 0.1) is 0 Å². The van der Waals surface area contributed by atoms with Crippen molar-refractivity contribution in [2.24, 2.45) is 0 Å². The third kappa shape index (κ3) is 5.01. The Morgan fingerprint density at radius 3 is 2.57 bits per heavy atom. The summed E-state index contributed by atoms with van der Waals surface area (Å²) >= 11 is 5.97. The quantitative estimate of drug-likeness (QED) is 0.707. The summed E-state index contributed by atoms with van der Waals surface area (Å²) in [6.07, 6.45) is 6.24. The molecule has 0 heterocycles. The van der Waals surface area contributed by atoms with E-state index in [4.69, 9.17) is 18.0 Å². The van der Waals surface area contributed by atoms with Crippen molar-refractivity contribution in [2.45, 2.75) is 31.8 Å². The standard InChI is InChI=1S/C15H17ClN2O3/c1-3-7-10(4-2)17-15(21)18-13(14(19)20)11-8-5-6-9-12(11)16/h1,5-6,8-10,13H,4,7H2,2H3,(H,19,20)(H2,17,18,21)/t10?,13-/m1/s1. The number of urea groups is 1. The van der Waals surface area contributed by atoms with E-state index in [1.165, 1.54) is 0 Å². The van der Waals surface area contributed by atoms with Crippen LogP contribution in [0.2, 0.25) is 5.02 Å². The minimum absolute atomic E-state index is 0.198. The third-order valence-electron chi connectivity index (χ3n) is 2.93. The molecule has 112 valence electrons. The van der Waals surface area contributed by atoms with Gasteiger partial charge in [0.1, 0.15) is 0 Å². The molecule has 2 amide bonds. The molecule has 0 saturated carbocycles. The van der Waals surface area contributed by atoms with Crippen molar-refractivity contribution in [2.75, 3.05) is 0 Å². The number of hydrogen-bond acceptors (Lipinski definition) is 2. The highest BCUT2D eigenvalue weighted by molar-refractivity contribution is 6.31. The largest absolute Gasteiger partial charge is 0.479 e. The van der Waals surface area contributed by atoms with Crippen LogP contribution in [0.4, 0.5) is 4.79 Å². The second kappa shape index (κ2) is 8.18. The van der Waals surface area contributed by atoms with Crippen molar-refractivity contribution in [3.63, 3.8) is 0 Å². The number of carbonyl (C=O) groups is 2. The van der Waals surface area contributed by atoms with Crippen LogP contribution in [0.3, 0.4) is 0 Å². The SMILES string of the molecule is C#CCC(CC)NC(=O)N[C@@H](C(=O)O)c1ccccc1Cl. The number of terminal acetylenes is 1. The third-order valence-corrected chi connectivity index (χ3v) is 3.28. The van der Waals surface area contributed by atoms with Gasteiger partial charge in [-0.3, -0.25) is 0 Å². The molecule has 6 heteroatoms. The van der Waals surface area contributed by atoms with E-state index in [9.17, 15) is 14.7 Å². The van der Waals surface area contributed by atoms with Gasteiger partial charge in [0, 0.05) is 23.0 Å². The van der Waals surface area contributed by atoms with Gasteiger partial charge >= 0.3 is 12.0 Å². The van der Waals surface area contributed by atoms with Crippen LogP contribution in [0.1, 0.15) is 31.4 Å². The van der Waals surface area contributed by atoms with Gasteiger partial charge in [0.25, 0.3) is 0 Å². The number of nitrogens with one attached hydrogen (secondary N) is 2. The molecule has 5 nitrogen and oxygen atoms in total. The van der Waals surface area contributed by atoms with Crippen LogP contribution in [-0.4, -0.2) is 23.1 Å². The molecule has 0 radical (unpaired) electrons. The van der Waals surface area contributed by atoms with E-state index in [1.54, 1.807) is 24.3 Å². The maximum absolute atomic E-state index is 11.9. The van der Waals surface area contributed by atoms with Crippen molar-refractivity contribution in [1.82, 2.24) is 10.6 Å². The maximum atomic E-state index is 11.9. The van der Waals surface area contributed by atoms with E-state index in [1.807, 2.05) is 6.92 Å². The minimum Gasteiger partial charge on any atom is -0.479 e. The summed E-state index contributed by atoms with van der Waals surface area (Å²) in [5.41, 5.74) is 0.326. The molecule has 1 rings (SSSR count). The molecule has 0 aliphatic rings. The lowest BCUT2D eigenvalue weighted by Crippen LogP contribution is -2.45. The van der Waals surface area contributed by atoms with Crippen LogP contribution in [-0.2, 0) is 4.79 Å². The zero-order chi connectivity index (χ0) is 15.8. The highest BCUT2D eigenvalue weighted by Crippen LogP contribution is 2.22. The number of carbonyl (C=O) groups excluding carboxylic acids is 1. The van der Waals surface area contributed by atoms with Crippen LogP contribution in [0.25, 0.3) is 0 Å². The number of halogens is 1. The van der Waals surface area contributed by atoms with E-state index in [0.29, 0.717) is 18.4 Å². The number of rotatable bonds is 6. The summed E-state index contributed by atoms with van der Waals surface area (Å²) in [6.45, 7) is 1.88. The first-order chi connectivity index (χ1) is 9.99. The summed E-state index contributed by atoms with van der Waals surface area (Å²) < 4.78 is 0. The Hall–Kier alpha value is -2.19. The molecule has 1 unspecified atom stereocenters. The van der Waals surface area contributed by atoms with Gasteiger partial charge in [-0.05, 0) is 12.5 Å². The summed E-state index contributed by atoms with van der Waals surface area (Å²) in [7, 11) is 0. The van der Waals surface area contributed by atoms with E-state index in [2.05, 4.69) is 16.6 Å². The highest BCUT2D eigenvalue weighted by atomic mass is 35.5. The zero-order valence-corrected chi connectivity index (χ0v) is 12.4. The Balaban J connectivity index is 2.81. The van der Waals surface area contributed by atoms with Gasteiger partial charge in [-0.25, -0.2) is 9.59 Å². The predicted molar refractivity (Wildman–Crippen MR) is 81.0 cm³/mol. The predicted octanol–water partition coefficient (Wildman–Crippen LogP) is 2.57. The molecule has 0 bridgehead atoms. The molecule has 1 aromatic carbocycles. The Morgan fingerprint density at radius 1 is 1.38 bits per heavy atom. The van der Waals surface area contributed by atoms with Gasteiger partial charge in [0.15, 0.2) is 6.04 Å². The topological polar surface area (TPSA) is 78.4 Å². The average Bonchev–Trinajstić information content (AvgIpc) is 2.45. The van der Waals surface area contributed by atoms with Gasteiger partial charge in [-0.2, -0.15) is 0 Å². The van der Waals surface area contributed by atoms with E-state index < -0.39 is 18.0 Å². The number of hydrogen-bond donors (Lipinski definition) is 3. The van der Waals surface area contributed by atoms with Gasteiger partial charge in [-0.1, -0.05) is 36.7 Å². The molecule has 0 aliphatic carbocycles. The van der Waals surface area contributed by atoms with Crippen molar-refractivity contribution in [3.8, 4) is 12.3 Å². The number of amides is 2. The number of benzene rings is 1. The number of carboxylic acid groups (broad SMARTS) is 1. The molecule has 0 spiro atoms. The molecule has 2 atom stereocenters. The smallest absolute Gasteiger partial charge is 0.331 e. The Morgan fingerprint density at radius 2 is 2.05 bits per heavy atom. The first kappa shape index (κ1) is 16.9. The Kier molecular flexibility index (Phi) is 6.57. The molecule has 0 fully saturated rings. The van der Waals surface area contributed by atoms with Crippen LogP contribution >= 0.6 is 11.6 Å². The molecule has 21 heavy (non-hydrogen) atoms. The lowest BCUT2D eigenvalue weighted by Gasteiger charge is -2.19. The fourth-order valence-electron chi connectivity index (χ4n) is 1.78. The summed E-state index contributed by atoms with van der Waals surface area (Å²) in [5.74, 6) is 1.27. The van der Waals surface area contributed by atoms with E-state index in [0.717, 1.165) is 0 Å². The fraction of sp³-hybridized carbons (Fsp3) is 0.333. The molecule has 0 aromatic heterocycles. The fourth-order valence-corrected chi connectivity index (χ4v) is 2.02. The van der Waals surface area contributed by atoms with E-state index in [-0.39, 0.29) is 11.1 Å². The summed E-state index contributed by atoms with van der Waals surface area (Å²) in [4.78, 5) is 23.2. The van der Waals surface area contributed by atoms with Crippen LogP contribution in [0.15, 0.2) is 24.3 Å². The number of aliphatic carboxylic acids is 1. The Bertz CT molecular complexity index is 554. The van der Waals surface area contributed by atoms with Crippen molar-refractivity contribution < 1.29 is 14.7 Å². The van der Waals surface area contributed by atoms with Gasteiger partial charge < -0.3 is 15.7 Å². The van der Waals surface area contributed by atoms with E-state index >= 15 is 0 Å². The van der Waals surface area contributed by atoms with Gasteiger partial charge in [-0.15, -0.1) is 12.3 Å². The molecule has 1 aromatic rings. The second-order valence-electron chi connectivity index (χ2n) is 4.42. The Labute approximate surface area is 128 Å². The summed E-state index contributed by atoms with van der Waals surface area (Å²) in [5, 5.41) is 14.6. The molecule has 3 N–H and O–H groups in total. The summed E-state index contributed by atoms with van der Waals surface area (Å²) in [6, 6.07) is 4.45. The maximum Gasteiger partial charge on any atom is 0.331 e. The zero-order valence-electron chi connectivity index (χ0n) is 11.6. The average molecular weight is 309 g/mol. The first-order valence-corrected chi connectivity index (χ1v) is 6.85. The normalized spacial score (nSPS) is 12.8. The van der Waals surface area contributed by atoms with Crippen molar-refractivity contribution in [1.29, 1.82) is 0 Å². The molecule has 0 saturated heterocycles. The lowest BCUT2D eigenvalue weighted by atomic mass is 10.1. The highest BCUT2D eigenvalue weighted by Gasteiger charge is 2.24. The monoisotopic (exact) mass is 308 g/mol. The molecule has 0 aliphatic heterocycles. The van der Waals surface area contributed by atoms with Crippen LogP contribution in [0.5, 0.6) is 0 Å². The van der Waals surface area contributed by atoms with Crippen LogP contribution in [0, 0.1) is 12.3 Å². The first-order valence-electron chi connectivity index (χ1n) is 6.47. The van der Waals surface area contributed by atoms with Crippen molar-refractivity contribution >= 4 is 23.6 Å².